The topological polar surface area (TPSA) is 104 Å². The zero-order chi connectivity index (χ0) is 19.9. The van der Waals surface area contributed by atoms with E-state index in [1.807, 2.05) is 10.8 Å². The van der Waals surface area contributed by atoms with Crippen molar-refractivity contribution in [2.75, 3.05) is 11.9 Å². The molecule has 0 amide bonds. The van der Waals surface area contributed by atoms with Crippen LogP contribution in [0.1, 0.15) is 24.6 Å². The van der Waals surface area contributed by atoms with E-state index >= 15 is 0 Å². The summed E-state index contributed by atoms with van der Waals surface area (Å²) in [6.07, 6.45) is 7.27. The number of aromatic amines is 1. The Kier molecular flexibility index (Phi) is 6.15. The van der Waals surface area contributed by atoms with Gasteiger partial charge in [0.1, 0.15) is 17.3 Å². The number of hydrogen-bond donors (Lipinski definition) is 3. The van der Waals surface area contributed by atoms with Crippen LogP contribution in [0.25, 0.3) is 0 Å². The molecule has 3 aromatic rings. The lowest BCUT2D eigenvalue weighted by Crippen LogP contribution is -2.22. The van der Waals surface area contributed by atoms with Crippen LogP contribution in [0.15, 0.2) is 52.8 Å². The molecule has 0 saturated carbocycles. The number of nitrogens with zero attached hydrogens (tertiary/aromatic N) is 4. The van der Waals surface area contributed by atoms with Crippen molar-refractivity contribution in [2.24, 2.45) is 4.99 Å². The number of aliphatic imine (C=N–C) groups is 1. The Balaban J connectivity index is 1.73. The number of rotatable bonds is 8. The highest BCUT2D eigenvalue weighted by Crippen LogP contribution is 2.14. The average molecular weight is 383 g/mol. The van der Waals surface area contributed by atoms with Crippen molar-refractivity contribution in [1.82, 2.24) is 19.1 Å². The van der Waals surface area contributed by atoms with Crippen LogP contribution >= 0.6 is 0 Å². The molecule has 0 radical (unpaired) electrons. The van der Waals surface area contributed by atoms with Gasteiger partial charge < -0.3 is 20.3 Å². The summed E-state index contributed by atoms with van der Waals surface area (Å²) in [5.74, 6) is 0.608. The number of hydrogen-bond acceptors (Lipinski definition) is 4. The molecule has 1 aromatic carbocycles. The molecule has 0 spiro atoms. The Hall–Kier alpha value is -3.49. The number of halogens is 1. The average Bonchev–Trinajstić information content (AvgIpc) is 3.30. The van der Waals surface area contributed by atoms with E-state index in [1.54, 1.807) is 37.6 Å². The Morgan fingerprint density at radius 2 is 2.25 bits per heavy atom. The summed E-state index contributed by atoms with van der Waals surface area (Å²) in [6, 6.07) is 6.29. The highest BCUT2D eigenvalue weighted by atomic mass is 19.1. The van der Waals surface area contributed by atoms with Gasteiger partial charge in [-0.1, -0.05) is 18.2 Å². The number of benzene rings is 1. The van der Waals surface area contributed by atoms with E-state index in [0.717, 1.165) is 19.2 Å². The van der Waals surface area contributed by atoms with Gasteiger partial charge in [-0.25, -0.2) is 14.2 Å². The van der Waals surface area contributed by atoms with Crippen molar-refractivity contribution in [3.8, 4) is 0 Å². The number of aromatic nitrogens is 4. The Morgan fingerprint density at radius 3 is 2.96 bits per heavy atom. The van der Waals surface area contributed by atoms with Crippen molar-refractivity contribution < 1.29 is 4.39 Å². The number of anilines is 1. The molecule has 0 unspecified atom stereocenters. The number of aryl methyl sites for hydroxylation is 1. The molecule has 28 heavy (non-hydrogen) atoms. The van der Waals surface area contributed by atoms with Gasteiger partial charge in [-0.2, -0.15) is 0 Å². The second-order valence-corrected chi connectivity index (χ2v) is 6.26. The van der Waals surface area contributed by atoms with Crippen LogP contribution in [0.5, 0.6) is 0 Å². The summed E-state index contributed by atoms with van der Waals surface area (Å²) in [4.78, 5) is 23.4. The van der Waals surface area contributed by atoms with Gasteiger partial charge in [-0.3, -0.25) is 9.56 Å². The molecule has 0 aliphatic rings. The van der Waals surface area contributed by atoms with E-state index < -0.39 is 5.69 Å². The fraction of sp³-hybridized carbons (Fsp3) is 0.263. The predicted octanol–water partition coefficient (Wildman–Crippen LogP) is 2.48. The second kappa shape index (κ2) is 8.94. The van der Waals surface area contributed by atoms with E-state index in [1.165, 1.54) is 10.6 Å². The molecule has 0 bridgehead atoms. The van der Waals surface area contributed by atoms with Gasteiger partial charge in [0.2, 0.25) is 0 Å². The molecule has 9 heteroatoms. The highest BCUT2D eigenvalue weighted by Gasteiger charge is 2.15. The maximum atomic E-state index is 14.0. The van der Waals surface area contributed by atoms with Crippen LogP contribution < -0.4 is 11.0 Å². The lowest BCUT2D eigenvalue weighted by Gasteiger charge is -2.11. The minimum atomic E-state index is -0.419. The van der Waals surface area contributed by atoms with Gasteiger partial charge in [0.15, 0.2) is 0 Å². The molecule has 146 valence electrons. The summed E-state index contributed by atoms with van der Waals surface area (Å²) >= 11 is 0. The van der Waals surface area contributed by atoms with E-state index in [2.05, 4.69) is 20.3 Å². The van der Waals surface area contributed by atoms with Crippen LogP contribution in [0.3, 0.4) is 0 Å². The third-order valence-corrected chi connectivity index (χ3v) is 4.22. The van der Waals surface area contributed by atoms with Crippen LogP contribution in [-0.2, 0) is 13.1 Å². The molecule has 0 aliphatic carbocycles. The lowest BCUT2D eigenvalue weighted by molar-refractivity contribution is 0.597. The molecule has 2 aromatic heterocycles. The monoisotopic (exact) mass is 383 g/mol. The van der Waals surface area contributed by atoms with Gasteiger partial charge in [0.25, 0.3) is 0 Å². The standard InChI is InChI=1S/C19H22FN7O/c1-14(23-7-4-9-26-10-8-22-13-26)24-18-17(11-21)25-19(28)27(18)12-15-5-2-3-6-16(15)20/h2-3,5-6,8,10-11,13,21H,4,7,9,12H2,1H3,(H,23,24)(H,25,28). The Labute approximate surface area is 161 Å². The minimum Gasteiger partial charge on any atom is -0.337 e. The molecule has 2 heterocycles. The maximum Gasteiger partial charge on any atom is 0.327 e. The van der Waals surface area contributed by atoms with Gasteiger partial charge in [0, 0.05) is 37.3 Å². The molecule has 0 fully saturated rings. The quantitative estimate of drug-likeness (QED) is 0.316. The van der Waals surface area contributed by atoms with Crippen LogP contribution in [-0.4, -0.2) is 37.7 Å². The lowest BCUT2D eigenvalue weighted by atomic mass is 10.2. The molecular weight excluding hydrogens is 361 g/mol. The summed E-state index contributed by atoms with van der Waals surface area (Å²) in [6.45, 7) is 3.24. The Bertz CT molecular complexity index is 1020. The van der Waals surface area contributed by atoms with Gasteiger partial charge in [0.05, 0.1) is 18.7 Å². The first-order valence-corrected chi connectivity index (χ1v) is 8.89. The molecular formula is C19H22FN7O. The summed E-state index contributed by atoms with van der Waals surface area (Å²) in [5, 5.41) is 10.6. The minimum absolute atomic E-state index is 0.0477. The van der Waals surface area contributed by atoms with Crippen LogP contribution in [0.2, 0.25) is 0 Å². The van der Waals surface area contributed by atoms with E-state index in [0.29, 0.717) is 29.5 Å². The van der Waals surface area contributed by atoms with E-state index in [4.69, 9.17) is 5.41 Å². The normalized spacial score (nSPS) is 11.6. The number of amidine groups is 1. The second-order valence-electron chi connectivity index (χ2n) is 6.26. The predicted molar refractivity (Wildman–Crippen MR) is 107 cm³/mol. The number of H-pyrrole nitrogens is 1. The molecule has 0 saturated heterocycles. The highest BCUT2D eigenvalue weighted by molar-refractivity contribution is 5.96. The number of nitrogens with one attached hydrogen (secondary N) is 3. The van der Waals surface area contributed by atoms with Crippen molar-refractivity contribution >= 4 is 17.9 Å². The Morgan fingerprint density at radius 1 is 1.43 bits per heavy atom. The molecule has 0 atom stereocenters. The fourth-order valence-electron chi connectivity index (χ4n) is 2.81. The summed E-state index contributed by atoms with van der Waals surface area (Å²) < 4.78 is 17.3. The number of imidazole rings is 2. The first-order valence-electron chi connectivity index (χ1n) is 8.89. The molecule has 8 nitrogen and oxygen atoms in total. The smallest absolute Gasteiger partial charge is 0.327 e. The van der Waals surface area contributed by atoms with Gasteiger partial charge in [-0.15, -0.1) is 0 Å². The first-order chi connectivity index (χ1) is 13.6. The van der Waals surface area contributed by atoms with E-state index in [9.17, 15) is 9.18 Å². The van der Waals surface area contributed by atoms with Crippen molar-refractivity contribution in [1.29, 1.82) is 5.41 Å². The van der Waals surface area contributed by atoms with Crippen molar-refractivity contribution in [2.45, 2.75) is 26.4 Å². The molecule has 3 rings (SSSR count). The van der Waals surface area contributed by atoms with Crippen molar-refractivity contribution in [3.05, 3.63) is 70.5 Å². The van der Waals surface area contributed by atoms with Crippen LogP contribution in [0.4, 0.5) is 10.2 Å². The summed E-state index contributed by atoms with van der Waals surface area (Å²) in [7, 11) is 0. The fourth-order valence-corrected chi connectivity index (χ4v) is 2.81. The van der Waals surface area contributed by atoms with Crippen molar-refractivity contribution in [3.63, 3.8) is 0 Å². The largest absolute Gasteiger partial charge is 0.337 e. The summed E-state index contributed by atoms with van der Waals surface area (Å²) in [5.41, 5.74) is 0.282. The van der Waals surface area contributed by atoms with Crippen LogP contribution in [0, 0.1) is 11.2 Å². The van der Waals surface area contributed by atoms with E-state index in [-0.39, 0.29) is 12.4 Å². The zero-order valence-electron chi connectivity index (χ0n) is 15.5. The van der Waals surface area contributed by atoms with Gasteiger partial charge >= 0.3 is 5.69 Å². The third kappa shape index (κ3) is 4.61. The maximum absolute atomic E-state index is 14.0. The third-order valence-electron chi connectivity index (χ3n) is 4.22. The zero-order valence-corrected chi connectivity index (χ0v) is 15.5. The SMILES string of the molecule is CC(=NCCCn1ccnc1)Nc1c(C=N)[nH]c(=O)n1Cc1ccccc1F. The first kappa shape index (κ1) is 19.3. The molecule has 3 N–H and O–H groups in total. The van der Waals surface area contributed by atoms with Gasteiger partial charge in [-0.05, 0) is 19.4 Å². The molecule has 0 aliphatic heterocycles.